The van der Waals surface area contributed by atoms with E-state index in [9.17, 15) is 15.0 Å². The van der Waals surface area contributed by atoms with E-state index in [4.69, 9.17) is 0 Å². The molecule has 0 spiro atoms. The highest BCUT2D eigenvalue weighted by Crippen LogP contribution is 2.43. The molecular weight excluding hydrogens is 356 g/mol. The zero-order chi connectivity index (χ0) is 19.7. The lowest BCUT2D eigenvalue weighted by atomic mass is 9.82. The van der Waals surface area contributed by atoms with Crippen molar-refractivity contribution in [1.29, 1.82) is 0 Å². The number of benzene rings is 1. The number of carbonyl (C=O) groups is 1. The topological polar surface area (TPSA) is 89.8 Å². The van der Waals surface area contributed by atoms with Gasteiger partial charge < -0.3 is 20.0 Å². The fraction of sp³-hybridized carbons (Fsp3) is 0.476. The van der Waals surface area contributed by atoms with Gasteiger partial charge in [-0.1, -0.05) is 30.3 Å². The molecule has 2 N–H and O–H groups in total. The first kappa shape index (κ1) is 18.8. The number of aryl methyl sites for hydroxylation is 1. The van der Waals surface area contributed by atoms with Crippen molar-refractivity contribution >= 4 is 11.9 Å². The predicted molar refractivity (Wildman–Crippen MR) is 106 cm³/mol. The molecule has 2 aliphatic rings. The number of likely N-dealkylation sites (tertiary alicyclic amines) is 1. The number of hydrogen-bond acceptors (Lipinski definition) is 6. The first-order chi connectivity index (χ1) is 13.5. The van der Waals surface area contributed by atoms with Gasteiger partial charge in [-0.25, -0.2) is 14.8 Å². The van der Waals surface area contributed by atoms with Crippen LogP contribution in [0.5, 0.6) is 0 Å². The monoisotopic (exact) mass is 382 g/mol. The number of carboxylic acid groups (broad SMARTS) is 1. The molecule has 0 aliphatic carbocycles. The number of rotatable bonds is 6. The fourth-order valence-corrected chi connectivity index (χ4v) is 4.57. The Morgan fingerprint density at radius 2 is 2.00 bits per heavy atom. The van der Waals surface area contributed by atoms with Gasteiger partial charge in [-0.3, -0.25) is 0 Å². The van der Waals surface area contributed by atoms with Crippen molar-refractivity contribution in [2.45, 2.75) is 13.3 Å². The molecule has 4 rings (SSSR count). The molecule has 7 nitrogen and oxygen atoms in total. The summed E-state index contributed by atoms with van der Waals surface area (Å²) in [7, 11) is 0. The second-order valence-electron chi connectivity index (χ2n) is 8.07. The molecule has 2 aromatic rings. The second-order valence-corrected chi connectivity index (χ2v) is 8.07. The molecule has 0 amide bonds. The van der Waals surface area contributed by atoms with Crippen molar-refractivity contribution < 1.29 is 15.0 Å². The van der Waals surface area contributed by atoms with Gasteiger partial charge in [0.15, 0.2) is 5.69 Å². The Labute approximate surface area is 164 Å². The van der Waals surface area contributed by atoms with Gasteiger partial charge in [0.25, 0.3) is 0 Å². The van der Waals surface area contributed by atoms with E-state index in [0.29, 0.717) is 24.1 Å². The molecule has 2 atom stereocenters. The lowest BCUT2D eigenvalue weighted by Gasteiger charge is -2.27. The fourth-order valence-electron chi connectivity index (χ4n) is 4.57. The van der Waals surface area contributed by atoms with Crippen LogP contribution in [-0.2, 0) is 6.42 Å². The first-order valence-electron chi connectivity index (χ1n) is 9.70. The van der Waals surface area contributed by atoms with Crippen LogP contribution in [-0.4, -0.2) is 70.4 Å². The Balaban J connectivity index is 1.45. The van der Waals surface area contributed by atoms with Crippen molar-refractivity contribution in [3.05, 3.63) is 53.3 Å². The quantitative estimate of drug-likeness (QED) is 0.782. The van der Waals surface area contributed by atoms with E-state index in [1.165, 1.54) is 11.6 Å². The van der Waals surface area contributed by atoms with E-state index >= 15 is 0 Å². The molecule has 3 heterocycles. The Morgan fingerprint density at radius 3 is 2.68 bits per heavy atom. The van der Waals surface area contributed by atoms with Crippen LogP contribution in [0, 0.1) is 18.3 Å². The van der Waals surface area contributed by atoms with E-state index in [2.05, 4.69) is 39.1 Å². The number of aromatic carboxylic acids is 1. The molecule has 1 aromatic heterocycles. The Bertz CT molecular complexity index is 860. The molecule has 0 bridgehead atoms. The number of aliphatic hydroxyl groups excluding tert-OH is 1. The summed E-state index contributed by atoms with van der Waals surface area (Å²) in [4.78, 5) is 24.4. The Kier molecular flexibility index (Phi) is 5.03. The van der Waals surface area contributed by atoms with Crippen molar-refractivity contribution in [1.82, 2.24) is 14.9 Å². The van der Waals surface area contributed by atoms with Gasteiger partial charge in [0.1, 0.15) is 0 Å². The summed E-state index contributed by atoms with van der Waals surface area (Å²) in [5.41, 5.74) is 1.78. The third-order valence-electron chi connectivity index (χ3n) is 6.05. The Hall–Kier alpha value is -2.51. The molecule has 2 aliphatic heterocycles. The standard InChI is InChI=1S/C21H26N4O3/c1-15-9-18(19(27)28)23-20(22-15)25-11-17-10-24(12-21(17,13-25)14-26)8-7-16-5-3-2-4-6-16/h2-6,9,17,26H,7-8,10-14H2,1H3,(H,27,28). The lowest BCUT2D eigenvalue weighted by molar-refractivity contribution is 0.0690. The van der Waals surface area contributed by atoms with Crippen LogP contribution in [0.15, 0.2) is 36.4 Å². The molecule has 1 aromatic carbocycles. The maximum atomic E-state index is 11.3. The van der Waals surface area contributed by atoms with Crippen LogP contribution in [0.4, 0.5) is 5.95 Å². The number of carboxylic acids is 1. The largest absolute Gasteiger partial charge is 0.477 e. The minimum Gasteiger partial charge on any atom is -0.477 e. The summed E-state index contributed by atoms with van der Waals surface area (Å²) in [6, 6.07) is 11.9. The minimum absolute atomic E-state index is 0.0158. The molecule has 0 radical (unpaired) electrons. The average Bonchev–Trinajstić information content (AvgIpc) is 3.21. The van der Waals surface area contributed by atoms with E-state index in [-0.39, 0.29) is 17.7 Å². The number of aliphatic hydroxyl groups is 1. The summed E-state index contributed by atoms with van der Waals surface area (Å²) >= 11 is 0. The van der Waals surface area contributed by atoms with Gasteiger partial charge in [-0.15, -0.1) is 0 Å². The average molecular weight is 382 g/mol. The van der Waals surface area contributed by atoms with E-state index < -0.39 is 5.97 Å². The van der Waals surface area contributed by atoms with E-state index in [0.717, 1.165) is 32.6 Å². The van der Waals surface area contributed by atoms with E-state index in [1.807, 2.05) is 11.0 Å². The van der Waals surface area contributed by atoms with Gasteiger partial charge in [0.05, 0.1) is 6.61 Å². The maximum absolute atomic E-state index is 11.3. The molecule has 148 valence electrons. The summed E-state index contributed by atoms with van der Waals surface area (Å²) in [6.45, 7) is 6.04. The number of hydrogen-bond donors (Lipinski definition) is 2. The molecule has 0 saturated carbocycles. The highest BCUT2D eigenvalue weighted by Gasteiger charge is 2.52. The van der Waals surface area contributed by atoms with Crippen molar-refractivity contribution in [3.8, 4) is 0 Å². The Morgan fingerprint density at radius 1 is 1.21 bits per heavy atom. The molecule has 2 fully saturated rings. The van der Waals surface area contributed by atoms with Crippen LogP contribution in [0.1, 0.15) is 21.7 Å². The first-order valence-corrected chi connectivity index (χ1v) is 9.70. The highest BCUT2D eigenvalue weighted by atomic mass is 16.4. The SMILES string of the molecule is Cc1cc(C(=O)O)nc(N2CC3CN(CCc4ccccc4)CC3(CO)C2)n1. The number of anilines is 1. The molecule has 2 saturated heterocycles. The van der Waals surface area contributed by atoms with Crippen molar-refractivity contribution in [2.75, 3.05) is 44.2 Å². The maximum Gasteiger partial charge on any atom is 0.354 e. The van der Waals surface area contributed by atoms with Gasteiger partial charge >= 0.3 is 5.97 Å². The zero-order valence-corrected chi connectivity index (χ0v) is 16.1. The van der Waals surface area contributed by atoms with Crippen molar-refractivity contribution in [2.24, 2.45) is 11.3 Å². The molecule has 2 unspecified atom stereocenters. The van der Waals surface area contributed by atoms with Gasteiger partial charge in [0.2, 0.25) is 5.95 Å². The molecule has 28 heavy (non-hydrogen) atoms. The third-order valence-corrected chi connectivity index (χ3v) is 6.05. The van der Waals surface area contributed by atoms with Gasteiger partial charge in [-0.2, -0.15) is 0 Å². The highest BCUT2D eigenvalue weighted by molar-refractivity contribution is 5.85. The van der Waals surface area contributed by atoms with Gasteiger partial charge in [0, 0.05) is 43.8 Å². The summed E-state index contributed by atoms with van der Waals surface area (Å²) < 4.78 is 0. The van der Waals surface area contributed by atoms with E-state index in [1.54, 1.807) is 6.92 Å². The minimum atomic E-state index is -1.05. The van der Waals surface area contributed by atoms with Crippen LogP contribution in [0.3, 0.4) is 0 Å². The summed E-state index contributed by atoms with van der Waals surface area (Å²) in [6.07, 6.45) is 1.00. The molecular formula is C21H26N4O3. The normalized spacial score (nSPS) is 24.5. The smallest absolute Gasteiger partial charge is 0.354 e. The third kappa shape index (κ3) is 3.59. The second kappa shape index (κ2) is 7.48. The number of nitrogens with zero attached hydrogens (tertiary/aromatic N) is 4. The van der Waals surface area contributed by atoms with Crippen LogP contribution in [0.2, 0.25) is 0 Å². The van der Waals surface area contributed by atoms with Crippen molar-refractivity contribution in [3.63, 3.8) is 0 Å². The number of aromatic nitrogens is 2. The lowest BCUT2D eigenvalue weighted by Crippen LogP contribution is -2.38. The van der Waals surface area contributed by atoms with Crippen LogP contribution >= 0.6 is 0 Å². The zero-order valence-electron chi connectivity index (χ0n) is 16.1. The number of fused-ring (bicyclic) bond motifs is 1. The van der Waals surface area contributed by atoms with Gasteiger partial charge in [-0.05, 0) is 30.9 Å². The predicted octanol–water partition coefficient (Wildman–Crippen LogP) is 1.46. The van der Waals surface area contributed by atoms with Crippen LogP contribution in [0.25, 0.3) is 0 Å². The van der Waals surface area contributed by atoms with Crippen LogP contribution < -0.4 is 4.90 Å². The summed E-state index contributed by atoms with van der Waals surface area (Å²) in [5.74, 6) is -0.267. The summed E-state index contributed by atoms with van der Waals surface area (Å²) in [5, 5.41) is 19.5. The molecule has 7 heteroatoms.